The van der Waals surface area contributed by atoms with Crippen LogP contribution in [0.25, 0.3) is 0 Å². The summed E-state index contributed by atoms with van der Waals surface area (Å²) < 4.78 is 18.4. The Hall–Kier alpha value is -1.29. The molecule has 0 bridgehead atoms. The lowest BCUT2D eigenvalue weighted by atomic mass is 10.0. The molecule has 0 heterocycles. The molecule has 17 heavy (non-hydrogen) atoms. The van der Waals surface area contributed by atoms with Crippen molar-refractivity contribution in [3.8, 4) is 5.75 Å². The van der Waals surface area contributed by atoms with Gasteiger partial charge in [-0.2, -0.15) is 0 Å². The van der Waals surface area contributed by atoms with Crippen LogP contribution >= 0.6 is 11.6 Å². The highest BCUT2D eigenvalue weighted by molar-refractivity contribution is 6.32. The number of hydrogen-bond donors (Lipinski definition) is 1. The number of aliphatic carboxylic acids is 1. The average molecular weight is 261 g/mol. The van der Waals surface area contributed by atoms with E-state index in [1.165, 1.54) is 12.1 Å². The molecule has 0 fully saturated rings. The zero-order valence-electron chi connectivity index (χ0n) is 9.67. The zero-order valence-corrected chi connectivity index (χ0v) is 10.4. The first-order valence-electron chi connectivity index (χ1n) is 5.16. The van der Waals surface area contributed by atoms with Crippen LogP contribution in [0.3, 0.4) is 0 Å². The molecule has 94 valence electrons. The van der Waals surface area contributed by atoms with Crippen molar-refractivity contribution in [1.82, 2.24) is 0 Å². The second-order valence-electron chi connectivity index (χ2n) is 4.33. The Morgan fingerprint density at radius 1 is 1.53 bits per heavy atom. The molecule has 0 aliphatic carbocycles. The van der Waals surface area contributed by atoms with Gasteiger partial charge >= 0.3 is 5.97 Å². The molecule has 5 heteroatoms. The van der Waals surface area contributed by atoms with Gasteiger partial charge in [-0.3, -0.25) is 4.79 Å². The van der Waals surface area contributed by atoms with Crippen molar-refractivity contribution in [2.45, 2.75) is 32.3 Å². The lowest BCUT2D eigenvalue weighted by Crippen LogP contribution is -2.29. The summed E-state index contributed by atoms with van der Waals surface area (Å²) in [4.78, 5) is 10.5. The van der Waals surface area contributed by atoms with Crippen LogP contribution in [-0.4, -0.2) is 16.7 Å². The molecule has 0 aliphatic heterocycles. The quantitative estimate of drug-likeness (QED) is 0.881. The van der Waals surface area contributed by atoms with Crippen LogP contribution in [-0.2, 0) is 4.79 Å². The van der Waals surface area contributed by atoms with E-state index >= 15 is 0 Å². The molecular formula is C12H14ClFO3. The van der Waals surface area contributed by atoms with Crippen molar-refractivity contribution in [3.05, 3.63) is 29.0 Å². The number of ether oxygens (including phenoxy) is 1. The summed E-state index contributed by atoms with van der Waals surface area (Å²) in [6.07, 6.45) is 0.349. The second kappa shape index (κ2) is 5.36. The van der Waals surface area contributed by atoms with Crippen molar-refractivity contribution in [2.24, 2.45) is 0 Å². The van der Waals surface area contributed by atoms with E-state index in [2.05, 4.69) is 0 Å². The van der Waals surface area contributed by atoms with Crippen molar-refractivity contribution < 1.29 is 19.0 Å². The van der Waals surface area contributed by atoms with Crippen LogP contribution in [0.2, 0.25) is 5.02 Å². The van der Waals surface area contributed by atoms with Crippen LogP contribution < -0.4 is 4.74 Å². The summed E-state index contributed by atoms with van der Waals surface area (Å²) in [6.45, 7) is 3.52. The molecule has 0 unspecified atom stereocenters. The highest BCUT2D eigenvalue weighted by Gasteiger charge is 2.22. The second-order valence-corrected chi connectivity index (χ2v) is 4.74. The number of hydrogen-bond acceptors (Lipinski definition) is 2. The van der Waals surface area contributed by atoms with Gasteiger partial charge in [-0.25, -0.2) is 4.39 Å². The van der Waals surface area contributed by atoms with Gasteiger partial charge < -0.3 is 9.84 Å². The number of carbonyl (C=O) groups is 1. The summed E-state index contributed by atoms with van der Waals surface area (Å²) in [7, 11) is 0. The molecule has 1 N–H and O–H groups in total. The molecule has 0 amide bonds. The van der Waals surface area contributed by atoms with Crippen molar-refractivity contribution in [1.29, 1.82) is 0 Å². The summed E-state index contributed by atoms with van der Waals surface area (Å²) in [5, 5.41) is 8.78. The van der Waals surface area contributed by atoms with E-state index in [1.54, 1.807) is 13.8 Å². The summed E-state index contributed by atoms with van der Waals surface area (Å²) >= 11 is 5.82. The molecule has 0 spiro atoms. The Labute approximate surface area is 104 Å². The van der Waals surface area contributed by atoms with Gasteiger partial charge in [0.25, 0.3) is 0 Å². The van der Waals surface area contributed by atoms with Crippen LogP contribution in [0.15, 0.2) is 18.2 Å². The van der Waals surface area contributed by atoms with Crippen LogP contribution in [0.4, 0.5) is 4.39 Å². The van der Waals surface area contributed by atoms with Crippen LogP contribution in [0.1, 0.15) is 26.7 Å². The minimum Gasteiger partial charge on any atom is -0.486 e. The fraction of sp³-hybridized carbons (Fsp3) is 0.417. The normalized spacial score (nSPS) is 11.3. The molecule has 1 aromatic carbocycles. The van der Waals surface area contributed by atoms with Gasteiger partial charge in [0.05, 0.1) is 5.02 Å². The maximum atomic E-state index is 12.8. The third-order valence-corrected chi connectivity index (χ3v) is 2.52. The van der Waals surface area contributed by atoms with E-state index in [0.717, 1.165) is 6.07 Å². The zero-order chi connectivity index (χ0) is 13.1. The molecule has 0 saturated heterocycles. The van der Waals surface area contributed by atoms with E-state index in [9.17, 15) is 9.18 Å². The number of halogens is 2. The molecule has 1 aromatic rings. The van der Waals surface area contributed by atoms with Crippen molar-refractivity contribution in [2.75, 3.05) is 0 Å². The van der Waals surface area contributed by atoms with Crippen molar-refractivity contribution in [3.63, 3.8) is 0 Å². The molecule has 1 rings (SSSR count). The topological polar surface area (TPSA) is 46.5 Å². The first-order chi connectivity index (χ1) is 7.80. The smallest absolute Gasteiger partial charge is 0.303 e. The molecule has 3 nitrogen and oxygen atoms in total. The first kappa shape index (κ1) is 13.8. The molecule has 0 atom stereocenters. The van der Waals surface area contributed by atoms with Crippen LogP contribution in [0, 0.1) is 5.82 Å². The number of carboxylic acid groups (broad SMARTS) is 1. The minimum atomic E-state index is -0.883. The summed E-state index contributed by atoms with van der Waals surface area (Å²) in [5.74, 6) is -0.971. The number of rotatable bonds is 5. The summed E-state index contributed by atoms with van der Waals surface area (Å²) in [5.41, 5.74) is -0.667. The lowest BCUT2D eigenvalue weighted by Gasteiger charge is -2.26. The Balaban J connectivity index is 2.72. The van der Waals surface area contributed by atoms with E-state index in [4.69, 9.17) is 21.4 Å². The van der Waals surface area contributed by atoms with Gasteiger partial charge in [-0.1, -0.05) is 11.6 Å². The monoisotopic (exact) mass is 260 g/mol. The first-order valence-corrected chi connectivity index (χ1v) is 5.54. The van der Waals surface area contributed by atoms with E-state index in [0.29, 0.717) is 12.2 Å². The average Bonchev–Trinajstić information content (AvgIpc) is 2.20. The predicted molar refractivity (Wildman–Crippen MR) is 63.0 cm³/mol. The third-order valence-electron chi connectivity index (χ3n) is 2.22. The van der Waals surface area contributed by atoms with E-state index < -0.39 is 17.4 Å². The molecule has 0 radical (unpaired) electrons. The molecule has 0 saturated carbocycles. The Bertz CT molecular complexity index is 418. The molecule has 0 aromatic heterocycles. The summed E-state index contributed by atoms with van der Waals surface area (Å²) in [6, 6.07) is 3.83. The Kier molecular flexibility index (Phi) is 4.34. The maximum absolute atomic E-state index is 12.8. The predicted octanol–water partition coefficient (Wildman–Crippen LogP) is 3.50. The Morgan fingerprint density at radius 3 is 2.71 bits per heavy atom. The standard InChI is InChI=1S/C12H14ClFO3/c1-12(2,6-5-11(15)16)17-10-4-3-8(14)7-9(10)13/h3-4,7H,5-6H2,1-2H3,(H,15,16). The lowest BCUT2D eigenvalue weighted by molar-refractivity contribution is -0.138. The largest absolute Gasteiger partial charge is 0.486 e. The Morgan fingerprint density at radius 2 is 2.18 bits per heavy atom. The van der Waals surface area contributed by atoms with Crippen molar-refractivity contribution >= 4 is 17.6 Å². The SMILES string of the molecule is CC(C)(CCC(=O)O)Oc1ccc(F)cc1Cl. The van der Waals surface area contributed by atoms with Gasteiger partial charge in [0, 0.05) is 6.42 Å². The molecule has 0 aliphatic rings. The van der Waals surface area contributed by atoms with Gasteiger partial charge in [0.15, 0.2) is 0 Å². The fourth-order valence-electron chi connectivity index (χ4n) is 1.31. The fourth-order valence-corrected chi connectivity index (χ4v) is 1.52. The van der Waals surface area contributed by atoms with Gasteiger partial charge in [0.2, 0.25) is 0 Å². The van der Waals surface area contributed by atoms with E-state index in [-0.39, 0.29) is 11.4 Å². The molecular weight excluding hydrogens is 247 g/mol. The van der Waals surface area contributed by atoms with Gasteiger partial charge in [-0.15, -0.1) is 0 Å². The number of benzene rings is 1. The highest BCUT2D eigenvalue weighted by Crippen LogP contribution is 2.29. The van der Waals surface area contributed by atoms with Crippen LogP contribution in [0.5, 0.6) is 5.75 Å². The maximum Gasteiger partial charge on any atom is 0.303 e. The van der Waals surface area contributed by atoms with Gasteiger partial charge in [0.1, 0.15) is 17.2 Å². The number of carboxylic acids is 1. The third kappa shape index (κ3) is 4.61. The van der Waals surface area contributed by atoms with E-state index in [1.807, 2.05) is 0 Å². The highest BCUT2D eigenvalue weighted by atomic mass is 35.5. The van der Waals surface area contributed by atoms with Gasteiger partial charge in [-0.05, 0) is 38.5 Å². The minimum absolute atomic E-state index is 0.00577.